The van der Waals surface area contributed by atoms with Crippen molar-refractivity contribution in [3.05, 3.63) is 10.7 Å². The molecule has 0 aliphatic heterocycles. The molecule has 0 aliphatic carbocycles. The number of urea groups is 1. The molecular formula is C8H13ClN4O. The smallest absolute Gasteiger partial charge is 0.317 e. The van der Waals surface area contributed by atoms with Crippen LogP contribution in [0.25, 0.3) is 0 Å². The maximum absolute atomic E-state index is 10.6. The van der Waals surface area contributed by atoms with Gasteiger partial charge in [0.05, 0.1) is 5.69 Å². The van der Waals surface area contributed by atoms with Crippen LogP contribution >= 0.6 is 11.6 Å². The molecule has 4 N–H and O–H groups in total. The van der Waals surface area contributed by atoms with Gasteiger partial charge in [-0.1, -0.05) is 32.4 Å². The first-order valence-corrected chi connectivity index (χ1v) is 4.51. The molecule has 0 spiro atoms. The fraction of sp³-hybridized carbons (Fsp3) is 0.500. The van der Waals surface area contributed by atoms with Crippen molar-refractivity contribution in [2.24, 2.45) is 5.73 Å². The lowest BCUT2D eigenvalue weighted by atomic mass is 9.92. The van der Waals surface area contributed by atoms with E-state index in [1.807, 2.05) is 20.8 Å². The van der Waals surface area contributed by atoms with Crippen molar-refractivity contribution in [3.63, 3.8) is 0 Å². The second kappa shape index (κ2) is 3.49. The number of halogens is 1. The molecule has 0 saturated carbocycles. The molecule has 2 amide bonds. The molecule has 14 heavy (non-hydrogen) atoms. The van der Waals surface area contributed by atoms with E-state index in [9.17, 15) is 4.79 Å². The number of hydrogen-bond acceptors (Lipinski definition) is 2. The Morgan fingerprint density at radius 3 is 2.50 bits per heavy atom. The van der Waals surface area contributed by atoms with Gasteiger partial charge < -0.3 is 5.73 Å². The summed E-state index contributed by atoms with van der Waals surface area (Å²) in [5.74, 6) is 0.268. The van der Waals surface area contributed by atoms with Crippen LogP contribution in [0.5, 0.6) is 0 Å². The number of nitrogens with one attached hydrogen (secondary N) is 2. The zero-order valence-electron chi connectivity index (χ0n) is 8.31. The third-order valence-corrected chi connectivity index (χ3v) is 2.07. The first-order valence-electron chi connectivity index (χ1n) is 4.13. The highest BCUT2D eigenvalue weighted by molar-refractivity contribution is 6.34. The van der Waals surface area contributed by atoms with Crippen molar-refractivity contribution in [2.75, 3.05) is 5.32 Å². The SMILES string of the molecule is CC(C)(C)c1[nH]nc(NC(N)=O)c1Cl. The molecule has 0 saturated heterocycles. The number of H-pyrrole nitrogens is 1. The van der Waals surface area contributed by atoms with Gasteiger partial charge in [0.25, 0.3) is 0 Å². The molecule has 5 nitrogen and oxygen atoms in total. The highest BCUT2D eigenvalue weighted by Crippen LogP contribution is 2.31. The third-order valence-electron chi connectivity index (χ3n) is 1.70. The number of hydrogen-bond donors (Lipinski definition) is 3. The number of carbonyl (C=O) groups excluding carboxylic acids is 1. The first kappa shape index (κ1) is 10.8. The van der Waals surface area contributed by atoms with E-state index in [-0.39, 0.29) is 11.2 Å². The maximum atomic E-state index is 10.6. The molecule has 0 bridgehead atoms. The Morgan fingerprint density at radius 1 is 1.57 bits per heavy atom. The number of nitrogens with two attached hydrogens (primary N) is 1. The Morgan fingerprint density at radius 2 is 2.14 bits per heavy atom. The number of primary amides is 1. The van der Waals surface area contributed by atoms with Gasteiger partial charge in [-0.3, -0.25) is 10.4 Å². The van der Waals surface area contributed by atoms with Gasteiger partial charge >= 0.3 is 6.03 Å². The van der Waals surface area contributed by atoms with Crippen molar-refractivity contribution in [3.8, 4) is 0 Å². The standard InChI is InChI=1S/C8H13ClN4O/c1-8(2,3)5-4(9)6(13-12-5)11-7(10)14/h1-3H3,(H4,10,11,12,13,14). The molecule has 0 atom stereocenters. The summed E-state index contributed by atoms with van der Waals surface area (Å²) in [4.78, 5) is 10.6. The molecule has 1 aromatic rings. The van der Waals surface area contributed by atoms with Crippen LogP contribution in [0.1, 0.15) is 26.5 Å². The molecular weight excluding hydrogens is 204 g/mol. The molecule has 0 aromatic carbocycles. The lowest BCUT2D eigenvalue weighted by Gasteiger charge is -2.16. The molecule has 78 valence electrons. The van der Waals surface area contributed by atoms with Gasteiger partial charge in [-0.25, -0.2) is 4.79 Å². The summed E-state index contributed by atoms with van der Waals surface area (Å²) < 4.78 is 0. The highest BCUT2D eigenvalue weighted by Gasteiger charge is 2.22. The van der Waals surface area contributed by atoms with Crippen LogP contribution in [0.2, 0.25) is 5.02 Å². The van der Waals surface area contributed by atoms with Crippen LogP contribution in [0.15, 0.2) is 0 Å². The van der Waals surface area contributed by atoms with Crippen LogP contribution < -0.4 is 11.1 Å². The van der Waals surface area contributed by atoms with Crippen LogP contribution in [0.4, 0.5) is 10.6 Å². The van der Waals surface area contributed by atoms with Crippen molar-refractivity contribution >= 4 is 23.4 Å². The summed E-state index contributed by atoms with van der Waals surface area (Å²) in [6.45, 7) is 5.96. The van der Waals surface area contributed by atoms with Crippen LogP contribution in [0, 0.1) is 0 Å². The fourth-order valence-corrected chi connectivity index (χ4v) is 1.44. The topological polar surface area (TPSA) is 83.8 Å². The summed E-state index contributed by atoms with van der Waals surface area (Å²) >= 11 is 5.99. The Hall–Kier alpha value is -1.23. The second-order valence-electron chi connectivity index (χ2n) is 4.00. The van der Waals surface area contributed by atoms with E-state index in [1.54, 1.807) is 0 Å². The zero-order chi connectivity index (χ0) is 10.9. The normalized spacial score (nSPS) is 11.4. The van der Waals surface area contributed by atoms with Crippen molar-refractivity contribution < 1.29 is 4.79 Å². The second-order valence-corrected chi connectivity index (χ2v) is 4.38. The lowest BCUT2D eigenvalue weighted by molar-refractivity contribution is 0.259. The fourth-order valence-electron chi connectivity index (χ4n) is 1.02. The lowest BCUT2D eigenvalue weighted by Crippen LogP contribution is -2.19. The van der Waals surface area contributed by atoms with Gasteiger partial charge in [-0.15, -0.1) is 0 Å². The maximum Gasteiger partial charge on any atom is 0.317 e. The van der Waals surface area contributed by atoms with Gasteiger partial charge in [0.15, 0.2) is 5.82 Å². The van der Waals surface area contributed by atoms with Gasteiger partial charge in [0.1, 0.15) is 5.02 Å². The van der Waals surface area contributed by atoms with Gasteiger partial charge in [-0.2, -0.15) is 5.10 Å². The summed E-state index contributed by atoms with van der Waals surface area (Å²) in [6.07, 6.45) is 0. The number of anilines is 1. The predicted molar refractivity (Wildman–Crippen MR) is 55.5 cm³/mol. The minimum atomic E-state index is -0.682. The van der Waals surface area contributed by atoms with E-state index in [1.165, 1.54) is 0 Å². The van der Waals surface area contributed by atoms with Crippen molar-refractivity contribution in [1.29, 1.82) is 0 Å². The van der Waals surface area contributed by atoms with E-state index in [0.717, 1.165) is 5.69 Å². The summed E-state index contributed by atoms with van der Waals surface area (Å²) in [5.41, 5.74) is 5.56. The summed E-state index contributed by atoms with van der Waals surface area (Å²) in [7, 11) is 0. The first-order chi connectivity index (χ1) is 6.32. The molecule has 0 fully saturated rings. The molecule has 0 radical (unpaired) electrons. The Kier molecular flexibility index (Phi) is 2.71. The average Bonchev–Trinajstić information content (AvgIpc) is 2.30. The van der Waals surface area contributed by atoms with E-state index in [2.05, 4.69) is 15.5 Å². The number of rotatable bonds is 1. The predicted octanol–water partition coefficient (Wildman–Crippen LogP) is 1.85. The number of aromatic amines is 1. The van der Waals surface area contributed by atoms with E-state index >= 15 is 0 Å². The molecule has 6 heteroatoms. The van der Waals surface area contributed by atoms with Crippen LogP contribution in [-0.2, 0) is 5.41 Å². The Balaban J connectivity index is 3.03. The Bertz CT molecular complexity index is 353. The van der Waals surface area contributed by atoms with E-state index in [4.69, 9.17) is 17.3 Å². The zero-order valence-corrected chi connectivity index (χ0v) is 9.07. The molecule has 1 aromatic heterocycles. The van der Waals surface area contributed by atoms with E-state index < -0.39 is 6.03 Å². The van der Waals surface area contributed by atoms with Crippen LogP contribution in [-0.4, -0.2) is 16.2 Å². The monoisotopic (exact) mass is 216 g/mol. The summed E-state index contributed by atoms with van der Waals surface area (Å²) in [5, 5.41) is 9.35. The van der Waals surface area contributed by atoms with Crippen LogP contribution in [0.3, 0.4) is 0 Å². The largest absolute Gasteiger partial charge is 0.351 e. The third kappa shape index (κ3) is 2.17. The minimum Gasteiger partial charge on any atom is -0.351 e. The quantitative estimate of drug-likeness (QED) is 0.670. The number of aromatic nitrogens is 2. The summed E-state index contributed by atoms with van der Waals surface area (Å²) in [6, 6.07) is -0.682. The minimum absolute atomic E-state index is 0.151. The van der Waals surface area contributed by atoms with Crippen molar-refractivity contribution in [2.45, 2.75) is 26.2 Å². The van der Waals surface area contributed by atoms with E-state index in [0.29, 0.717) is 5.02 Å². The average molecular weight is 217 g/mol. The highest BCUT2D eigenvalue weighted by atomic mass is 35.5. The molecule has 1 rings (SSSR count). The van der Waals surface area contributed by atoms with Gasteiger partial charge in [0, 0.05) is 5.41 Å². The molecule has 1 heterocycles. The number of amides is 2. The Labute approximate surface area is 87.0 Å². The number of carbonyl (C=O) groups is 1. The van der Waals surface area contributed by atoms with Gasteiger partial charge in [-0.05, 0) is 0 Å². The van der Waals surface area contributed by atoms with Gasteiger partial charge in [0.2, 0.25) is 0 Å². The van der Waals surface area contributed by atoms with Crippen molar-refractivity contribution in [1.82, 2.24) is 10.2 Å². The molecule has 0 aliphatic rings. The number of nitrogens with zero attached hydrogens (tertiary/aromatic N) is 1. The molecule has 0 unspecified atom stereocenters.